The lowest BCUT2D eigenvalue weighted by Gasteiger charge is -2.35. The Balaban J connectivity index is 2.45. The molecule has 3 heteroatoms. The van der Waals surface area contributed by atoms with E-state index in [2.05, 4.69) is 26.1 Å². The van der Waals surface area contributed by atoms with E-state index in [1.54, 1.807) is 0 Å². The van der Waals surface area contributed by atoms with Crippen molar-refractivity contribution < 1.29 is 4.79 Å². The molecule has 2 atom stereocenters. The summed E-state index contributed by atoms with van der Waals surface area (Å²) >= 11 is 0. The molecule has 0 aromatic rings. The van der Waals surface area contributed by atoms with E-state index in [-0.39, 0.29) is 5.91 Å². The van der Waals surface area contributed by atoms with E-state index in [0.717, 1.165) is 38.6 Å². The first kappa shape index (κ1) is 14.5. The zero-order valence-corrected chi connectivity index (χ0v) is 11.6. The van der Waals surface area contributed by atoms with Crippen molar-refractivity contribution in [3.63, 3.8) is 0 Å². The Kier molecular flexibility index (Phi) is 5.44. The average molecular weight is 240 g/mol. The fourth-order valence-electron chi connectivity index (χ4n) is 2.79. The van der Waals surface area contributed by atoms with Crippen LogP contribution in [0.1, 0.15) is 59.3 Å². The molecule has 100 valence electrons. The van der Waals surface area contributed by atoms with Crippen LogP contribution in [0.15, 0.2) is 0 Å². The lowest BCUT2D eigenvalue weighted by atomic mass is 9.76. The van der Waals surface area contributed by atoms with Gasteiger partial charge in [-0.2, -0.15) is 0 Å². The Morgan fingerprint density at radius 3 is 2.65 bits per heavy atom. The lowest BCUT2D eigenvalue weighted by molar-refractivity contribution is -0.128. The summed E-state index contributed by atoms with van der Waals surface area (Å²) in [5.41, 5.74) is 5.64. The lowest BCUT2D eigenvalue weighted by Crippen LogP contribution is -2.56. The molecular formula is C14H28N2O. The van der Waals surface area contributed by atoms with Gasteiger partial charge in [0.15, 0.2) is 0 Å². The molecule has 0 bridgehead atoms. The normalized spacial score (nSPS) is 29.4. The van der Waals surface area contributed by atoms with Crippen LogP contribution in [0.2, 0.25) is 0 Å². The molecule has 3 nitrogen and oxygen atoms in total. The number of carbonyl (C=O) groups is 1. The van der Waals surface area contributed by atoms with Crippen LogP contribution in [0.5, 0.6) is 0 Å². The van der Waals surface area contributed by atoms with Crippen molar-refractivity contribution in [1.82, 2.24) is 5.32 Å². The largest absolute Gasteiger partial charge is 0.354 e. The molecule has 0 saturated heterocycles. The first-order valence-corrected chi connectivity index (χ1v) is 7.09. The molecule has 0 radical (unpaired) electrons. The van der Waals surface area contributed by atoms with Crippen molar-refractivity contribution in [3.8, 4) is 0 Å². The van der Waals surface area contributed by atoms with E-state index in [1.165, 1.54) is 6.42 Å². The van der Waals surface area contributed by atoms with Gasteiger partial charge in [0.25, 0.3) is 0 Å². The van der Waals surface area contributed by atoms with Crippen LogP contribution in [0.3, 0.4) is 0 Å². The minimum Gasteiger partial charge on any atom is -0.354 e. The smallest absolute Gasteiger partial charge is 0.240 e. The average Bonchev–Trinajstić information content (AvgIpc) is 2.29. The molecule has 3 N–H and O–H groups in total. The van der Waals surface area contributed by atoms with Gasteiger partial charge in [0.1, 0.15) is 0 Å². The van der Waals surface area contributed by atoms with Gasteiger partial charge in [0, 0.05) is 6.54 Å². The number of amides is 1. The summed E-state index contributed by atoms with van der Waals surface area (Å²) in [4.78, 5) is 12.2. The first-order valence-electron chi connectivity index (χ1n) is 7.09. The molecule has 1 amide bonds. The quantitative estimate of drug-likeness (QED) is 0.775. The van der Waals surface area contributed by atoms with Gasteiger partial charge >= 0.3 is 0 Å². The second-order valence-electron chi connectivity index (χ2n) is 5.75. The van der Waals surface area contributed by atoms with E-state index in [9.17, 15) is 4.79 Å². The summed E-state index contributed by atoms with van der Waals surface area (Å²) in [6.45, 7) is 7.30. The van der Waals surface area contributed by atoms with E-state index < -0.39 is 5.54 Å². The van der Waals surface area contributed by atoms with Gasteiger partial charge in [0.2, 0.25) is 5.91 Å². The van der Waals surface area contributed by atoms with Gasteiger partial charge in [-0.3, -0.25) is 4.79 Å². The standard InChI is InChI=1S/C14H28N2O/c1-4-12(5-2)10-16-13(17)14(15)8-6-7-11(3)9-14/h11-12H,4-10,15H2,1-3H3,(H,16,17). The van der Waals surface area contributed by atoms with E-state index in [4.69, 9.17) is 5.73 Å². The Hall–Kier alpha value is -0.570. The third-order valence-corrected chi connectivity index (χ3v) is 4.19. The molecule has 0 heterocycles. The van der Waals surface area contributed by atoms with Gasteiger partial charge in [-0.05, 0) is 24.7 Å². The molecule has 2 unspecified atom stereocenters. The van der Waals surface area contributed by atoms with Crippen molar-refractivity contribution in [3.05, 3.63) is 0 Å². The summed E-state index contributed by atoms with van der Waals surface area (Å²) in [6, 6.07) is 0. The number of rotatable bonds is 5. The number of hydrogen-bond acceptors (Lipinski definition) is 2. The highest BCUT2D eigenvalue weighted by molar-refractivity contribution is 5.86. The van der Waals surface area contributed by atoms with Crippen molar-refractivity contribution in [2.75, 3.05) is 6.54 Å². The predicted molar refractivity (Wildman–Crippen MR) is 71.6 cm³/mol. The second kappa shape index (κ2) is 6.39. The number of nitrogens with two attached hydrogens (primary N) is 1. The van der Waals surface area contributed by atoms with Gasteiger partial charge in [-0.15, -0.1) is 0 Å². The fourth-order valence-corrected chi connectivity index (χ4v) is 2.79. The summed E-state index contributed by atoms with van der Waals surface area (Å²) in [6.07, 6.45) is 6.19. The molecule has 0 spiro atoms. The molecule has 1 aliphatic carbocycles. The zero-order valence-electron chi connectivity index (χ0n) is 11.6. The minimum absolute atomic E-state index is 0.0657. The van der Waals surface area contributed by atoms with Gasteiger partial charge < -0.3 is 11.1 Å². The van der Waals surface area contributed by atoms with Crippen LogP contribution in [0.4, 0.5) is 0 Å². The van der Waals surface area contributed by atoms with Gasteiger partial charge in [0.05, 0.1) is 5.54 Å². The van der Waals surface area contributed by atoms with Crippen molar-refractivity contribution in [2.45, 2.75) is 64.8 Å². The van der Waals surface area contributed by atoms with Crippen LogP contribution < -0.4 is 11.1 Å². The van der Waals surface area contributed by atoms with E-state index in [0.29, 0.717) is 11.8 Å². The molecule has 1 aliphatic rings. The highest BCUT2D eigenvalue weighted by atomic mass is 16.2. The van der Waals surface area contributed by atoms with Crippen LogP contribution in [-0.2, 0) is 4.79 Å². The maximum absolute atomic E-state index is 12.2. The first-order chi connectivity index (χ1) is 8.01. The minimum atomic E-state index is -0.607. The maximum Gasteiger partial charge on any atom is 0.240 e. The highest BCUT2D eigenvalue weighted by Gasteiger charge is 2.37. The third-order valence-electron chi connectivity index (χ3n) is 4.19. The summed E-state index contributed by atoms with van der Waals surface area (Å²) < 4.78 is 0. The number of carbonyl (C=O) groups excluding carboxylic acids is 1. The summed E-state index contributed by atoms with van der Waals surface area (Å²) in [5.74, 6) is 1.23. The molecule has 17 heavy (non-hydrogen) atoms. The molecule has 1 saturated carbocycles. The number of hydrogen-bond donors (Lipinski definition) is 2. The topological polar surface area (TPSA) is 55.1 Å². The molecule has 1 rings (SSSR count). The van der Waals surface area contributed by atoms with Crippen LogP contribution >= 0.6 is 0 Å². The molecule has 0 aromatic heterocycles. The van der Waals surface area contributed by atoms with Crippen molar-refractivity contribution in [2.24, 2.45) is 17.6 Å². The Morgan fingerprint density at radius 2 is 2.12 bits per heavy atom. The molecule has 0 aliphatic heterocycles. The third kappa shape index (κ3) is 3.98. The molecular weight excluding hydrogens is 212 g/mol. The molecule has 0 aromatic carbocycles. The maximum atomic E-state index is 12.2. The highest BCUT2D eigenvalue weighted by Crippen LogP contribution is 2.30. The Bertz CT molecular complexity index is 251. The summed E-state index contributed by atoms with van der Waals surface area (Å²) in [7, 11) is 0. The monoisotopic (exact) mass is 240 g/mol. The van der Waals surface area contributed by atoms with Crippen LogP contribution in [0, 0.1) is 11.8 Å². The van der Waals surface area contributed by atoms with Crippen molar-refractivity contribution >= 4 is 5.91 Å². The Labute approximate surface area is 106 Å². The van der Waals surface area contributed by atoms with Gasteiger partial charge in [-0.1, -0.05) is 46.5 Å². The Morgan fingerprint density at radius 1 is 1.47 bits per heavy atom. The van der Waals surface area contributed by atoms with Crippen LogP contribution in [0.25, 0.3) is 0 Å². The zero-order chi connectivity index (χ0) is 12.9. The number of nitrogens with one attached hydrogen (secondary N) is 1. The van der Waals surface area contributed by atoms with Gasteiger partial charge in [-0.25, -0.2) is 0 Å². The molecule has 1 fully saturated rings. The summed E-state index contributed by atoms with van der Waals surface area (Å²) in [5, 5.41) is 3.05. The van der Waals surface area contributed by atoms with Crippen molar-refractivity contribution in [1.29, 1.82) is 0 Å². The van der Waals surface area contributed by atoms with E-state index in [1.807, 2.05) is 0 Å². The second-order valence-corrected chi connectivity index (χ2v) is 5.75. The van der Waals surface area contributed by atoms with E-state index >= 15 is 0 Å². The fraction of sp³-hybridized carbons (Fsp3) is 0.929. The van der Waals surface area contributed by atoms with Crippen LogP contribution in [-0.4, -0.2) is 18.0 Å². The SMILES string of the molecule is CCC(CC)CNC(=O)C1(N)CCCC(C)C1. The predicted octanol–water partition coefficient (Wildman–Crippen LogP) is 2.45.